The summed E-state index contributed by atoms with van der Waals surface area (Å²) in [6, 6.07) is 12.7. The van der Waals surface area contributed by atoms with Gasteiger partial charge in [-0.05, 0) is 30.3 Å². The van der Waals surface area contributed by atoms with Crippen molar-refractivity contribution < 1.29 is 9.47 Å². The van der Waals surface area contributed by atoms with E-state index in [1.807, 2.05) is 18.2 Å². The molecule has 0 spiro atoms. The summed E-state index contributed by atoms with van der Waals surface area (Å²) in [7, 11) is 1.60. The molecule has 0 amide bonds. The predicted molar refractivity (Wildman–Crippen MR) is 81.2 cm³/mol. The van der Waals surface area contributed by atoms with Crippen LogP contribution in [0.15, 0.2) is 40.9 Å². The number of hydrogen-bond donors (Lipinski definition) is 0. The van der Waals surface area contributed by atoms with Gasteiger partial charge in [-0.3, -0.25) is 0 Å². The molecule has 20 heavy (non-hydrogen) atoms. The highest BCUT2D eigenvalue weighted by Gasteiger charge is 2.08. The fourth-order valence-electron chi connectivity index (χ4n) is 1.72. The summed E-state index contributed by atoms with van der Waals surface area (Å²) in [5.74, 6) is 1.19. The Bertz CT molecular complexity index is 667. The van der Waals surface area contributed by atoms with Gasteiger partial charge in [0.15, 0.2) is 0 Å². The maximum absolute atomic E-state index is 9.05. The molecule has 2 aromatic rings. The van der Waals surface area contributed by atoms with Crippen molar-refractivity contribution in [3.05, 3.63) is 57.0 Å². The van der Waals surface area contributed by atoms with E-state index < -0.39 is 0 Å². The highest BCUT2D eigenvalue weighted by Crippen LogP contribution is 2.27. The second-order valence-electron chi connectivity index (χ2n) is 4.00. The van der Waals surface area contributed by atoms with Gasteiger partial charge < -0.3 is 9.47 Å². The van der Waals surface area contributed by atoms with E-state index in [0.29, 0.717) is 16.3 Å². The van der Waals surface area contributed by atoms with Gasteiger partial charge in [-0.2, -0.15) is 5.26 Å². The second-order valence-corrected chi connectivity index (χ2v) is 5.35. The van der Waals surface area contributed by atoms with Crippen molar-refractivity contribution in [3.8, 4) is 17.6 Å². The Morgan fingerprint density at radius 3 is 2.70 bits per heavy atom. The number of ether oxygens (including phenoxy) is 2. The van der Waals surface area contributed by atoms with Crippen LogP contribution >= 0.6 is 27.5 Å². The average Bonchev–Trinajstić information content (AvgIpc) is 2.45. The average molecular weight is 353 g/mol. The molecule has 0 aromatic heterocycles. The van der Waals surface area contributed by atoms with E-state index >= 15 is 0 Å². The Balaban J connectivity index is 2.23. The zero-order valence-corrected chi connectivity index (χ0v) is 13.0. The normalized spacial score (nSPS) is 9.90. The summed E-state index contributed by atoms with van der Waals surface area (Å²) in [6.07, 6.45) is 0. The van der Waals surface area contributed by atoms with Crippen LogP contribution in [0.2, 0.25) is 5.02 Å². The van der Waals surface area contributed by atoms with E-state index in [4.69, 9.17) is 26.3 Å². The van der Waals surface area contributed by atoms with Crippen molar-refractivity contribution in [2.45, 2.75) is 6.61 Å². The maximum Gasteiger partial charge on any atom is 0.139 e. The molecule has 0 saturated heterocycles. The van der Waals surface area contributed by atoms with Crippen LogP contribution < -0.4 is 9.47 Å². The number of halogens is 2. The van der Waals surface area contributed by atoms with Gasteiger partial charge in [0.2, 0.25) is 0 Å². The minimum atomic E-state index is 0.289. The quantitative estimate of drug-likeness (QED) is 0.810. The second kappa shape index (κ2) is 6.65. The van der Waals surface area contributed by atoms with Crippen LogP contribution in [0.4, 0.5) is 0 Å². The number of hydrogen-bond acceptors (Lipinski definition) is 3. The number of methoxy groups -OCH3 is 1. The predicted octanol–water partition coefficient (Wildman–Crippen LogP) is 4.56. The fraction of sp³-hybridized carbons (Fsp3) is 0.133. The van der Waals surface area contributed by atoms with Gasteiger partial charge in [-0.25, -0.2) is 0 Å². The number of rotatable bonds is 4. The molecule has 2 rings (SSSR count). The Hall–Kier alpha value is -1.70. The molecule has 0 bridgehead atoms. The van der Waals surface area contributed by atoms with Crippen LogP contribution in [0.5, 0.6) is 11.5 Å². The van der Waals surface area contributed by atoms with Crippen molar-refractivity contribution in [2.24, 2.45) is 0 Å². The SMILES string of the molecule is COc1ccc(Br)cc1COc1cc(Cl)ccc1C#N. The molecular formula is C15H11BrClNO2. The summed E-state index contributed by atoms with van der Waals surface area (Å²) in [5.41, 5.74) is 1.33. The van der Waals surface area contributed by atoms with Crippen LogP contribution in [-0.2, 0) is 6.61 Å². The van der Waals surface area contributed by atoms with Gasteiger partial charge >= 0.3 is 0 Å². The topological polar surface area (TPSA) is 42.2 Å². The highest BCUT2D eigenvalue weighted by molar-refractivity contribution is 9.10. The van der Waals surface area contributed by atoms with Crippen LogP contribution in [0.25, 0.3) is 0 Å². The summed E-state index contributed by atoms with van der Waals surface area (Å²) in [5, 5.41) is 9.57. The molecule has 0 atom stereocenters. The first-order valence-electron chi connectivity index (χ1n) is 5.79. The molecule has 0 fully saturated rings. The molecule has 5 heteroatoms. The first-order valence-corrected chi connectivity index (χ1v) is 6.96. The van der Waals surface area contributed by atoms with Crippen molar-refractivity contribution >= 4 is 27.5 Å². The van der Waals surface area contributed by atoms with Gasteiger partial charge in [0.1, 0.15) is 24.2 Å². The minimum Gasteiger partial charge on any atom is -0.496 e. The van der Waals surface area contributed by atoms with Gasteiger partial charge in [0.25, 0.3) is 0 Å². The molecule has 0 aliphatic rings. The third kappa shape index (κ3) is 3.44. The molecule has 0 heterocycles. The highest BCUT2D eigenvalue weighted by atomic mass is 79.9. The molecule has 0 N–H and O–H groups in total. The van der Waals surface area contributed by atoms with Gasteiger partial charge in [0, 0.05) is 21.1 Å². The summed E-state index contributed by atoms with van der Waals surface area (Å²) in [6.45, 7) is 0.289. The Morgan fingerprint density at radius 2 is 2.00 bits per heavy atom. The Kier molecular flexibility index (Phi) is 4.89. The molecule has 0 aliphatic carbocycles. The molecular weight excluding hydrogens is 342 g/mol. The first kappa shape index (κ1) is 14.7. The van der Waals surface area contributed by atoms with Gasteiger partial charge in [0.05, 0.1) is 12.7 Å². The monoisotopic (exact) mass is 351 g/mol. The van der Waals surface area contributed by atoms with Crippen LogP contribution in [0, 0.1) is 11.3 Å². The van der Waals surface area contributed by atoms with Crippen molar-refractivity contribution in [1.82, 2.24) is 0 Å². The summed E-state index contributed by atoms with van der Waals surface area (Å²) in [4.78, 5) is 0. The first-order chi connectivity index (χ1) is 9.63. The van der Waals surface area contributed by atoms with Crippen LogP contribution in [0.1, 0.15) is 11.1 Å². The third-order valence-corrected chi connectivity index (χ3v) is 3.42. The van der Waals surface area contributed by atoms with E-state index in [0.717, 1.165) is 15.8 Å². The number of nitriles is 1. The molecule has 3 nitrogen and oxygen atoms in total. The minimum absolute atomic E-state index is 0.289. The van der Waals surface area contributed by atoms with Crippen molar-refractivity contribution in [3.63, 3.8) is 0 Å². The third-order valence-electron chi connectivity index (χ3n) is 2.69. The zero-order valence-electron chi connectivity index (χ0n) is 10.7. The maximum atomic E-state index is 9.05. The van der Waals surface area contributed by atoms with Gasteiger partial charge in [-0.15, -0.1) is 0 Å². The fourth-order valence-corrected chi connectivity index (χ4v) is 2.29. The van der Waals surface area contributed by atoms with Gasteiger partial charge in [-0.1, -0.05) is 27.5 Å². The Morgan fingerprint density at radius 1 is 1.20 bits per heavy atom. The molecule has 0 saturated carbocycles. The lowest BCUT2D eigenvalue weighted by Crippen LogP contribution is -2.00. The Labute approximate surface area is 130 Å². The lowest BCUT2D eigenvalue weighted by atomic mass is 10.2. The molecule has 0 aliphatic heterocycles. The summed E-state index contributed by atoms with van der Waals surface area (Å²) < 4.78 is 11.9. The molecule has 0 unspecified atom stereocenters. The van der Waals surface area contributed by atoms with Crippen LogP contribution in [-0.4, -0.2) is 7.11 Å². The lowest BCUT2D eigenvalue weighted by Gasteiger charge is -2.11. The van der Waals surface area contributed by atoms with E-state index in [1.54, 1.807) is 25.3 Å². The lowest BCUT2D eigenvalue weighted by molar-refractivity contribution is 0.296. The zero-order chi connectivity index (χ0) is 14.5. The van der Waals surface area contributed by atoms with E-state index in [2.05, 4.69) is 22.0 Å². The smallest absolute Gasteiger partial charge is 0.139 e. The van der Waals surface area contributed by atoms with Crippen LogP contribution in [0.3, 0.4) is 0 Å². The largest absolute Gasteiger partial charge is 0.496 e. The molecule has 2 aromatic carbocycles. The molecule has 102 valence electrons. The van der Waals surface area contributed by atoms with E-state index in [-0.39, 0.29) is 6.61 Å². The number of benzene rings is 2. The van der Waals surface area contributed by atoms with E-state index in [9.17, 15) is 0 Å². The van der Waals surface area contributed by atoms with Crippen molar-refractivity contribution in [2.75, 3.05) is 7.11 Å². The number of nitrogens with zero attached hydrogens (tertiary/aromatic N) is 1. The van der Waals surface area contributed by atoms with E-state index in [1.165, 1.54) is 0 Å². The summed E-state index contributed by atoms with van der Waals surface area (Å²) >= 11 is 9.32. The standard InChI is InChI=1S/C15H11BrClNO2/c1-19-14-5-3-12(16)6-11(14)9-20-15-7-13(17)4-2-10(15)8-18/h2-7H,9H2,1H3. The molecule has 0 radical (unpaired) electrons. The van der Waals surface area contributed by atoms with Crippen molar-refractivity contribution in [1.29, 1.82) is 5.26 Å².